The summed E-state index contributed by atoms with van der Waals surface area (Å²) < 4.78 is 0. The van der Waals surface area contributed by atoms with Crippen LogP contribution in [0.4, 0.5) is 0 Å². The fraction of sp³-hybridized carbons (Fsp3) is 1.00. The fourth-order valence-electron chi connectivity index (χ4n) is 4.54. The van der Waals surface area contributed by atoms with Crippen molar-refractivity contribution in [2.24, 2.45) is 0 Å². The summed E-state index contributed by atoms with van der Waals surface area (Å²) in [6.45, 7) is 7.78. The van der Waals surface area contributed by atoms with E-state index in [9.17, 15) is 0 Å². The summed E-state index contributed by atoms with van der Waals surface area (Å²) in [5.74, 6) is 0. The van der Waals surface area contributed by atoms with E-state index in [-0.39, 0.29) is 0 Å². The molecule has 1 aliphatic heterocycles. The molecule has 0 aromatic rings. The average Bonchev–Trinajstić information content (AvgIpc) is 3.08. The summed E-state index contributed by atoms with van der Waals surface area (Å²) in [6.07, 6.45) is 14.4. The van der Waals surface area contributed by atoms with Crippen molar-refractivity contribution in [3.05, 3.63) is 0 Å². The van der Waals surface area contributed by atoms with Crippen molar-refractivity contribution in [1.82, 2.24) is 15.1 Å². The third-order valence-corrected chi connectivity index (χ3v) is 5.94. The lowest BCUT2D eigenvalue weighted by Crippen LogP contribution is -2.50. The largest absolute Gasteiger partial charge is 0.314 e. The molecule has 0 amide bonds. The number of hydrogen-bond acceptors (Lipinski definition) is 3. The zero-order valence-corrected chi connectivity index (χ0v) is 13.9. The van der Waals surface area contributed by atoms with Gasteiger partial charge in [-0.05, 0) is 45.2 Å². The van der Waals surface area contributed by atoms with Gasteiger partial charge in [0, 0.05) is 38.3 Å². The average molecular weight is 293 g/mol. The molecule has 0 aromatic heterocycles. The van der Waals surface area contributed by atoms with E-state index in [0.29, 0.717) is 0 Å². The quantitative estimate of drug-likeness (QED) is 0.760. The Bertz CT molecular complexity index is 274. The first-order valence-electron chi connectivity index (χ1n) is 9.61. The summed E-state index contributed by atoms with van der Waals surface area (Å²) in [7, 11) is 0. The van der Waals surface area contributed by atoms with Gasteiger partial charge in [0.2, 0.25) is 0 Å². The van der Waals surface area contributed by atoms with Gasteiger partial charge < -0.3 is 10.2 Å². The first-order valence-corrected chi connectivity index (χ1v) is 9.61. The number of piperazine rings is 1. The highest BCUT2D eigenvalue weighted by Crippen LogP contribution is 2.24. The molecule has 3 heteroatoms. The van der Waals surface area contributed by atoms with Crippen LogP contribution in [0, 0.1) is 0 Å². The second kappa shape index (κ2) is 8.50. The maximum Gasteiger partial charge on any atom is 0.0113 e. The molecule has 0 atom stereocenters. The Labute approximate surface area is 131 Å². The van der Waals surface area contributed by atoms with E-state index < -0.39 is 0 Å². The van der Waals surface area contributed by atoms with Gasteiger partial charge >= 0.3 is 0 Å². The Morgan fingerprint density at radius 1 is 0.762 bits per heavy atom. The Kier molecular flexibility index (Phi) is 6.38. The second-order valence-corrected chi connectivity index (χ2v) is 7.46. The van der Waals surface area contributed by atoms with Gasteiger partial charge in [0.25, 0.3) is 0 Å². The van der Waals surface area contributed by atoms with E-state index in [1.165, 1.54) is 103 Å². The van der Waals surface area contributed by atoms with Gasteiger partial charge in [-0.15, -0.1) is 0 Å². The van der Waals surface area contributed by atoms with Crippen LogP contribution in [-0.2, 0) is 0 Å². The molecule has 0 unspecified atom stereocenters. The lowest BCUT2D eigenvalue weighted by atomic mass is 9.95. The number of hydrogen-bond donors (Lipinski definition) is 1. The monoisotopic (exact) mass is 293 g/mol. The minimum absolute atomic E-state index is 0.831. The summed E-state index contributed by atoms with van der Waals surface area (Å²) in [4.78, 5) is 5.46. The highest BCUT2D eigenvalue weighted by atomic mass is 15.3. The van der Waals surface area contributed by atoms with Crippen molar-refractivity contribution in [3.8, 4) is 0 Å². The van der Waals surface area contributed by atoms with Crippen molar-refractivity contribution in [1.29, 1.82) is 0 Å². The van der Waals surface area contributed by atoms with Gasteiger partial charge in [0.05, 0.1) is 0 Å². The number of nitrogens with one attached hydrogen (secondary N) is 1. The zero-order valence-electron chi connectivity index (χ0n) is 13.9. The fourth-order valence-corrected chi connectivity index (χ4v) is 4.54. The Morgan fingerprint density at radius 2 is 1.43 bits per heavy atom. The summed E-state index contributed by atoms with van der Waals surface area (Å²) in [6, 6.07) is 1.76. The Hall–Kier alpha value is -0.120. The first kappa shape index (κ1) is 15.8. The zero-order chi connectivity index (χ0) is 14.3. The molecule has 2 aliphatic carbocycles. The van der Waals surface area contributed by atoms with Crippen LogP contribution in [0.1, 0.15) is 64.2 Å². The molecular formula is C18H35N3. The molecule has 2 saturated carbocycles. The summed E-state index contributed by atoms with van der Waals surface area (Å²) >= 11 is 0. The molecule has 1 N–H and O–H groups in total. The van der Waals surface area contributed by atoms with E-state index in [1.807, 2.05) is 0 Å². The standard InChI is InChI=1S/C18H35N3/c1-2-7-17(8-3-1)19-11-6-12-20-13-15-21(16-14-20)18-9-4-5-10-18/h17-19H,1-16H2. The number of rotatable bonds is 6. The maximum atomic E-state index is 3.78. The number of nitrogens with zero attached hydrogens (tertiary/aromatic N) is 2. The van der Waals surface area contributed by atoms with Crippen LogP contribution in [0.15, 0.2) is 0 Å². The molecule has 1 saturated heterocycles. The molecule has 1 heterocycles. The second-order valence-electron chi connectivity index (χ2n) is 7.46. The molecule has 0 radical (unpaired) electrons. The lowest BCUT2D eigenvalue weighted by Gasteiger charge is -2.38. The van der Waals surface area contributed by atoms with E-state index in [1.54, 1.807) is 0 Å². The molecular weight excluding hydrogens is 258 g/mol. The maximum absolute atomic E-state index is 3.78. The van der Waals surface area contributed by atoms with Gasteiger partial charge in [0.15, 0.2) is 0 Å². The molecule has 0 bridgehead atoms. The Morgan fingerprint density at radius 3 is 2.14 bits per heavy atom. The lowest BCUT2D eigenvalue weighted by molar-refractivity contribution is 0.0970. The van der Waals surface area contributed by atoms with Gasteiger partial charge in [-0.3, -0.25) is 4.90 Å². The van der Waals surface area contributed by atoms with Crippen LogP contribution in [0.3, 0.4) is 0 Å². The third kappa shape index (κ3) is 4.94. The van der Waals surface area contributed by atoms with Crippen molar-refractivity contribution in [2.45, 2.75) is 76.3 Å². The van der Waals surface area contributed by atoms with Crippen LogP contribution < -0.4 is 5.32 Å². The van der Waals surface area contributed by atoms with Crippen molar-refractivity contribution < 1.29 is 0 Å². The molecule has 21 heavy (non-hydrogen) atoms. The van der Waals surface area contributed by atoms with Crippen LogP contribution in [0.5, 0.6) is 0 Å². The van der Waals surface area contributed by atoms with E-state index >= 15 is 0 Å². The predicted octanol–water partition coefficient (Wildman–Crippen LogP) is 2.86. The predicted molar refractivity (Wildman–Crippen MR) is 89.8 cm³/mol. The van der Waals surface area contributed by atoms with E-state index in [4.69, 9.17) is 0 Å². The molecule has 3 fully saturated rings. The van der Waals surface area contributed by atoms with Crippen LogP contribution in [-0.4, -0.2) is 61.2 Å². The van der Waals surface area contributed by atoms with Crippen molar-refractivity contribution in [3.63, 3.8) is 0 Å². The first-order chi connectivity index (χ1) is 10.4. The molecule has 3 rings (SSSR count). The Balaban J connectivity index is 1.24. The normalized spacial score (nSPS) is 27.4. The van der Waals surface area contributed by atoms with Crippen molar-refractivity contribution >= 4 is 0 Å². The van der Waals surface area contributed by atoms with E-state index in [0.717, 1.165) is 12.1 Å². The third-order valence-electron chi connectivity index (χ3n) is 5.94. The molecule has 122 valence electrons. The van der Waals surface area contributed by atoms with Gasteiger partial charge in [-0.1, -0.05) is 32.1 Å². The topological polar surface area (TPSA) is 18.5 Å². The van der Waals surface area contributed by atoms with Gasteiger partial charge in [0.1, 0.15) is 0 Å². The smallest absolute Gasteiger partial charge is 0.0113 e. The van der Waals surface area contributed by atoms with Crippen LogP contribution >= 0.6 is 0 Å². The minimum Gasteiger partial charge on any atom is -0.314 e. The van der Waals surface area contributed by atoms with Gasteiger partial charge in [-0.25, -0.2) is 0 Å². The van der Waals surface area contributed by atoms with Crippen LogP contribution in [0.25, 0.3) is 0 Å². The highest BCUT2D eigenvalue weighted by molar-refractivity contribution is 4.82. The summed E-state index contributed by atoms with van der Waals surface area (Å²) in [5, 5.41) is 3.78. The van der Waals surface area contributed by atoms with Crippen LogP contribution in [0.2, 0.25) is 0 Å². The summed E-state index contributed by atoms with van der Waals surface area (Å²) in [5.41, 5.74) is 0. The SMILES string of the molecule is C1CCC(NCCCN2CCN(C3CCCC3)CC2)CC1. The molecule has 3 aliphatic rings. The minimum atomic E-state index is 0.831. The van der Waals surface area contributed by atoms with E-state index in [2.05, 4.69) is 15.1 Å². The highest BCUT2D eigenvalue weighted by Gasteiger charge is 2.25. The molecule has 0 aromatic carbocycles. The van der Waals surface area contributed by atoms with Gasteiger partial charge in [-0.2, -0.15) is 0 Å². The van der Waals surface area contributed by atoms with Crippen molar-refractivity contribution in [2.75, 3.05) is 39.3 Å². The molecule has 0 spiro atoms. The molecule has 3 nitrogen and oxygen atoms in total.